The highest BCUT2D eigenvalue weighted by atomic mass is 15.1. The van der Waals surface area contributed by atoms with Crippen molar-refractivity contribution in [2.24, 2.45) is 0 Å². The third kappa shape index (κ3) is 4.33. The third-order valence-corrected chi connectivity index (χ3v) is 8.97. The van der Waals surface area contributed by atoms with E-state index in [0.29, 0.717) is 0 Å². The molecule has 0 saturated carbocycles. The number of benzene rings is 6. The average molecular weight is 588 g/mol. The number of nitrogens with zero attached hydrogens (tertiary/aromatic N) is 3. The monoisotopic (exact) mass is 587 g/mol. The van der Waals surface area contributed by atoms with Crippen LogP contribution in [-0.2, 0) is 0 Å². The highest BCUT2D eigenvalue weighted by Crippen LogP contribution is 2.43. The van der Waals surface area contributed by atoms with E-state index >= 15 is 0 Å². The molecule has 0 N–H and O–H groups in total. The molecule has 3 heterocycles. The summed E-state index contributed by atoms with van der Waals surface area (Å²) in [6.07, 6.45) is 6.33. The van der Waals surface area contributed by atoms with Gasteiger partial charge in [0, 0.05) is 33.9 Å². The number of anilines is 3. The molecule has 0 aliphatic carbocycles. The molecule has 0 unspecified atom stereocenters. The van der Waals surface area contributed by atoms with Crippen LogP contribution in [0, 0.1) is 0 Å². The molecule has 0 amide bonds. The molecule has 9 rings (SSSR count). The van der Waals surface area contributed by atoms with E-state index in [4.69, 9.17) is 0 Å². The zero-order chi connectivity index (χ0) is 30.5. The second-order valence-corrected chi connectivity index (χ2v) is 11.7. The van der Waals surface area contributed by atoms with Crippen molar-refractivity contribution in [3.63, 3.8) is 0 Å². The van der Waals surface area contributed by atoms with Crippen molar-refractivity contribution in [1.29, 1.82) is 0 Å². The lowest BCUT2D eigenvalue weighted by Gasteiger charge is -2.27. The average Bonchev–Trinajstić information content (AvgIpc) is 3.36. The van der Waals surface area contributed by atoms with E-state index in [-0.39, 0.29) is 0 Å². The predicted molar refractivity (Wildman–Crippen MR) is 193 cm³/mol. The fourth-order valence-electron chi connectivity index (χ4n) is 6.84. The summed E-state index contributed by atoms with van der Waals surface area (Å²) in [6.45, 7) is 0. The van der Waals surface area contributed by atoms with Gasteiger partial charge < -0.3 is 9.47 Å². The van der Waals surface area contributed by atoms with Crippen molar-refractivity contribution in [1.82, 2.24) is 9.55 Å². The van der Waals surface area contributed by atoms with Crippen molar-refractivity contribution in [3.8, 4) is 28.1 Å². The molecule has 6 aromatic carbocycles. The smallest absolute Gasteiger partial charge is 0.0702 e. The quantitative estimate of drug-likeness (QED) is 0.204. The number of rotatable bonds is 4. The maximum Gasteiger partial charge on any atom is 0.0702 e. The summed E-state index contributed by atoms with van der Waals surface area (Å²) >= 11 is 0. The molecule has 0 atom stereocenters. The zero-order valence-corrected chi connectivity index (χ0v) is 25.1. The predicted octanol–water partition coefficient (Wildman–Crippen LogP) is 11.5. The van der Waals surface area contributed by atoms with E-state index in [9.17, 15) is 0 Å². The molecule has 0 fully saturated rings. The summed E-state index contributed by atoms with van der Waals surface area (Å²) in [6, 6.07) is 56.4. The number of hydrogen-bond donors (Lipinski definition) is 0. The second kappa shape index (κ2) is 10.8. The Balaban J connectivity index is 1.18. The lowest BCUT2D eigenvalue weighted by Crippen LogP contribution is -2.11. The number of para-hydroxylation sites is 3. The Hall–Kier alpha value is -6.19. The Kier molecular flexibility index (Phi) is 6.14. The van der Waals surface area contributed by atoms with Crippen LogP contribution in [0.4, 0.5) is 17.1 Å². The van der Waals surface area contributed by atoms with Crippen LogP contribution < -0.4 is 4.90 Å². The number of aromatic nitrogens is 2. The Labute approximate surface area is 268 Å². The summed E-state index contributed by atoms with van der Waals surface area (Å²) in [7, 11) is 0. The standard InChI is InChI=1S/C43H29N3/c1-2-13-35(14-3-1)45-40-18-6-4-11-30(40)20-21-34-27-31(22-24-41(34)45)32-23-25-43-38(29-32)37-16-5-7-19-42(37)46(43)36-15-10-12-33(28-36)39-17-8-9-26-44-39/h1-29H. The Morgan fingerprint density at radius 2 is 1.13 bits per heavy atom. The van der Waals surface area contributed by atoms with Gasteiger partial charge in [-0.1, -0.05) is 97.1 Å². The van der Waals surface area contributed by atoms with Gasteiger partial charge in [-0.25, -0.2) is 0 Å². The molecule has 0 spiro atoms. The molecule has 0 radical (unpaired) electrons. The van der Waals surface area contributed by atoms with E-state index in [1.54, 1.807) is 0 Å². The largest absolute Gasteiger partial charge is 0.309 e. The third-order valence-electron chi connectivity index (χ3n) is 8.97. The van der Waals surface area contributed by atoms with Gasteiger partial charge in [-0.2, -0.15) is 0 Å². The van der Waals surface area contributed by atoms with Gasteiger partial charge in [0.25, 0.3) is 0 Å². The minimum atomic E-state index is 0.971. The molecule has 0 saturated heterocycles. The van der Waals surface area contributed by atoms with Crippen molar-refractivity contribution in [2.75, 3.05) is 4.90 Å². The van der Waals surface area contributed by atoms with Gasteiger partial charge in [0.05, 0.1) is 28.1 Å². The molecule has 3 nitrogen and oxygen atoms in total. The van der Waals surface area contributed by atoms with Crippen LogP contribution in [0.15, 0.2) is 164 Å². The van der Waals surface area contributed by atoms with Gasteiger partial charge in [0.15, 0.2) is 0 Å². The molecule has 8 aromatic rings. The zero-order valence-electron chi connectivity index (χ0n) is 25.1. The molecule has 0 bridgehead atoms. The second-order valence-electron chi connectivity index (χ2n) is 11.7. The molecular formula is C43H29N3. The van der Waals surface area contributed by atoms with Crippen molar-refractivity contribution >= 4 is 51.0 Å². The molecular weight excluding hydrogens is 558 g/mol. The van der Waals surface area contributed by atoms with Crippen LogP contribution in [0.5, 0.6) is 0 Å². The lowest BCUT2D eigenvalue weighted by molar-refractivity contribution is 1.18. The molecule has 216 valence electrons. The van der Waals surface area contributed by atoms with Crippen LogP contribution in [0.1, 0.15) is 11.1 Å². The highest BCUT2D eigenvalue weighted by molar-refractivity contribution is 6.10. The first-order valence-corrected chi connectivity index (χ1v) is 15.6. The lowest BCUT2D eigenvalue weighted by atomic mass is 9.99. The fourth-order valence-corrected chi connectivity index (χ4v) is 6.84. The fraction of sp³-hybridized carbons (Fsp3) is 0. The topological polar surface area (TPSA) is 21.1 Å². The van der Waals surface area contributed by atoms with E-state index in [0.717, 1.165) is 22.6 Å². The summed E-state index contributed by atoms with van der Waals surface area (Å²) in [5, 5.41) is 2.48. The van der Waals surface area contributed by atoms with Crippen LogP contribution in [0.2, 0.25) is 0 Å². The van der Waals surface area contributed by atoms with Gasteiger partial charge in [-0.15, -0.1) is 0 Å². The van der Waals surface area contributed by atoms with E-state index in [2.05, 4.69) is 172 Å². The Bertz CT molecular complexity index is 2420. The van der Waals surface area contributed by atoms with Crippen molar-refractivity contribution < 1.29 is 0 Å². The van der Waals surface area contributed by atoms with Gasteiger partial charge >= 0.3 is 0 Å². The summed E-state index contributed by atoms with van der Waals surface area (Å²) < 4.78 is 2.37. The van der Waals surface area contributed by atoms with Crippen LogP contribution >= 0.6 is 0 Å². The highest BCUT2D eigenvalue weighted by Gasteiger charge is 2.20. The maximum atomic E-state index is 4.59. The van der Waals surface area contributed by atoms with Gasteiger partial charge in [0.1, 0.15) is 0 Å². The SMILES string of the molecule is C1=Cc2cc(-c3ccc4c(c3)c3ccccc3n4-c3cccc(-c4ccccn4)c3)ccc2N(c2ccccc2)c2ccccc21. The molecule has 1 aliphatic rings. The maximum absolute atomic E-state index is 4.59. The first-order chi connectivity index (χ1) is 22.8. The molecule has 1 aliphatic heterocycles. The summed E-state index contributed by atoms with van der Waals surface area (Å²) in [5.41, 5.74) is 13.8. The molecule has 3 heteroatoms. The van der Waals surface area contributed by atoms with Crippen LogP contribution in [0.25, 0.3) is 62.0 Å². The number of hydrogen-bond acceptors (Lipinski definition) is 2. The first kappa shape index (κ1) is 26.2. The van der Waals surface area contributed by atoms with Crippen molar-refractivity contribution in [3.05, 3.63) is 175 Å². The van der Waals surface area contributed by atoms with Crippen molar-refractivity contribution in [2.45, 2.75) is 0 Å². The Morgan fingerprint density at radius 1 is 0.413 bits per heavy atom. The Morgan fingerprint density at radius 3 is 2.04 bits per heavy atom. The van der Waals surface area contributed by atoms with Crippen LogP contribution in [-0.4, -0.2) is 9.55 Å². The van der Waals surface area contributed by atoms with E-state index in [1.807, 2.05) is 18.3 Å². The molecule has 46 heavy (non-hydrogen) atoms. The number of pyridine rings is 1. The summed E-state index contributed by atoms with van der Waals surface area (Å²) in [4.78, 5) is 6.96. The van der Waals surface area contributed by atoms with Crippen LogP contribution in [0.3, 0.4) is 0 Å². The minimum Gasteiger partial charge on any atom is -0.309 e. The first-order valence-electron chi connectivity index (χ1n) is 15.6. The van der Waals surface area contributed by atoms with Gasteiger partial charge in [-0.05, 0) is 95.1 Å². The summed E-state index contributed by atoms with van der Waals surface area (Å²) in [5.74, 6) is 0. The molecule has 2 aromatic heterocycles. The normalized spacial score (nSPS) is 12.2. The van der Waals surface area contributed by atoms with Gasteiger partial charge in [-0.3, -0.25) is 4.98 Å². The van der Waals surface area contributed by atoms with E-state index in [1.165, 1.54) is 55.4 Å². The number of fused-ring (bicyclic) bond motifs is 5. The minimum absolute atomic E-state index is 0.971. The van der Waals surface area contributed by atoms with E-state index < -0.39 is 0 Å². The van der Waals surface area contributed by atoms with Gasteiger partial charge in [0.2, 0.25) is 0 Å².